The van der Waals surface area contributed by atoms with Crippen molar-refractivity contribution in [1.82, 2.24) is 5.32 Å². The second kappa shape index (κ2) is 6.34. The minimum atomic E-state index is 0.785. The Hall–Kier alpha value is -0.640. The van der Waals surface area contributed by atoms with E-state index in [1.807, 2.05) is 22.7 Å². The van der Waals surface area contributed by atoms with Crippen LogP contribution < -0.4 is 5.32 Å². The topological polar surface area (TPSA) is 12.0 Å². The molecule has 0 aliphatic rings. The maximum absolute atomic E-state index is 3.51. The molecule has 2 aromatic rings. The fourth-order valence-corrected chi connectivity index (χ4v) is 3.29. The highest BCUT2D eigenvalue weighted by Gasteiger charge is 2.03. The van der Waals surface area contributed by atoms with Crippen LogP contribution in [-0.2, 0) is 6.54 Å². The standard InChI is InChI=1S/C14H19NS2/c1-11(2)5-6-15-9-13-8-12(10-17-13)14-4-3-7-16-14/h3-4,7-8,10-11,15H,5-6,9H2,1-2H3. The molecular weight excluding hydrogens is 246 g/mol. The van der Waals surface area contributed by atoms with E-state index in [1.54, 1.807) is 0 Å². The highest BCUT2D eigenvalue weighted by Crippen LogP contribution is 2.29. The van der Waals surface area contributed by atoms with Crippen molar-refractivity contribution >= 4 is 22.7 Å². The molecule has 1 N–H and O–H groups in total. The lowest BCUT2D eigenvalue weighted by atomic mass is 10.1. The lowest BCUT2D eigenvalue weighted by molar-refractivity contribution is 0.539. The fraction of sp³-hybridized carbons (Fsp3) is 0.429. The number of hydrogen-bond acceptors (Lipinski definition) is 3. The Morgan fingerprint density at radius 1 is 1.29 bits per heavy atom. The minimum Gasteiger partial charge on any atom is -0.312 e. The molecule has 92 valence electrons. The predicted molar refractivity (Wildman–Crippen MR) is 78.8 cm³/mol. The molecule has 2 rings (SSSR count). The molecule has 0 unspecified atom stereocenters. The molecule has 0 aromatic carbocycles. The Balaban J connectivity index is 1.83. The van der Waals surface area contributed by atoms with Gasteiger partial charge in [0.25, 0.3) is 0 Å². The molecule has 0 amide bonds. The molecule has 17 heavy (non-hydrogen) atoms. The number of rotatable bonds is 6. The molecular formula is C14H19NS2. The van der Waals surface area contributed by atoms with Crippen LogP contribution in [0, 0.1) is 5.92 Å². The molecule has 0 aliphatic heterocycles. The fourth-order valence-electron chi connectivity index (χ4n) is 1.65. The molecule has 0 saturated carbocycles. The van der Waals surface area contributed by atoms with Crippen molar-refractivity contribution in [2.24, 2.45) is 5.92 Å². The van der Waals surface area contributed by atoms with Crippen molar-refractivity contribution in [2.45, 2.75) is 26.8 Å². The van der Waals surface area contributed by atoms with Gasteiger partial charge in [-0.2, -0.15) is 0 Å². The van der Waals surface area contributed by atoms with E-state index in [4.69, 9.17) is 0 Å². The zero-order chi connectivity index (χ0) is 12.1. The molecule has 2 heterocycles. The molecule has 0 radical (unpaired) electrons. The van der Waals surface area contributed by atoms with E-state index in [9.17, 15) is 0 Å². The Labute approximate surface area is 112 Å². The van der Waals surface area contributed by atoms with Gasteiger partial charge in [-0.05, 0) is 41.8 Å². The summed E-state index contributed by atoms with van der Waals surface area (Å²) in [5, 5.41) is 7.89. The van der Waals surface area contributed by atoms with Crippen molar-refractivity contribution in [3.63, 3.8) is 0 Å². The summed E-state index contributed by atoms with van der Waals surface area (Å²) in [4.78, 5) is 2.80. The van der Waals surface area contributed by atoms with Crippen LogP contribution in [0.15, 0.2) is 29.0 Å². The van der Waals surface area contributed by atoms with E-state index < -0.39 is 0 Å². The first kappa shape index (κ1) is 12.8. The largest absolute Gasteiger partial charge is 0.312 e. The highest BCUT2D eigenvalue weighted by atomic mass is 32.1. The van der Waals surface area contributed by atoms with E-state index in [0.29, 0.717) is 0 Å². The van der Waals surface area contributed by atoms with E-state index in [0.717, 1.165) is 19.0 Å². The predicted octanol–water partition coefficient (Wildman–Crippen LogP) is 4.61. The van der Waals surface area contributed by atoms with Crippen LogP contribution in [0.25, 0.3) is 10.4 Å². The quantitative estimate of drug-likeness (QED) is 0.752. The van der Waals surface area contributed by atoms with Gasteiger partial charge in [0.15, 0.2) is 0 Å². The van der Waals surface area contributed by atoms with Crippen molar-refractivity contribution in [3.8, 4) is 10.4 Å². The van der Waals surface area contributed by atoms with Crippen LogP contribution in [0.3, 0.4) is 0 Å². The lowest BCUT2D eigenvalue weighted by Crippen LogP contribution is -2.15. The van der Waals surface area contributed by atoms with Gasteiger partial charge < -0.3 is 5.32 Å². The van der Waals surface area contributed by atoms with Crippen LogP contribution in [-0.4, -0.2) is 6.54 Å². The second-order valence-corrected chi connectivity index (χ2v) is 6.58. The van der Waals surface area contributed by atoms with Crippen molar-refractivity contribution in [1.29, 1.82) is 0 Å². The van der Waals surface area contributed by atoms with Crippen LogP contribution in [0.1, 0.15) is 25.1 Å². The molecule has 0 fully saturated rings. The first-order chi connectivity index (χ1) is 8.25. The zero-order valence-electron chi connectivity index (χ0n) is 10.4. The summed E-state index contributed by atoms with van der Waals surface area (Å²) in [6.07, 6.45) is 1.25. The third-order valence-electron chi connectivity index (χ3n) is 2.66. The smallest absolute Gasteiger partial charge is 0.0351 e. The van der Waals surface area contributed by atoms with Crippen LogP contribution in [0.5, 0.6) is 0 Å². The van der Waals surface area contributed by atoms with Gasteiger partial charge in [0, 0.05) is 21.9 Å². The number of thiophene rings is 2. The third kappa shape index (κ3) is 3.95. The summed E-state index contributed by atoms with van der Waals surface area (Å²) in [6.45, 7) is 6.65. The van der Waals surface area contributed by atoms with Gasteiger partial charge in [0.1, 0.15) is 0 Å². The molecule has 0 bridgehead atoms. The molecule has 0 saturated heterocycles. The first-order valence-electron chi connectivity index (χ1n) is 6.07. The number of hydrogen-bond donors (Lipinski definition) is 1. The summed E-state index contributed by atoms with van der Waals surface area (Å²) >= 11 is 3.66. The van der Waals surface area contributed by atoms with Gasteiger partial charge in [-0.25, -0.2) is 0 Å². The average Bonchev–Trinajstić information content (AvgIpc) is 2.94. The van der Waals surface area contributed by atoms with Crippen LogP contribution in [0.4, 0.5) is 0 Å². The van der Waals surface area contributed by atoms with E-state index in [1.165, 1.54) is 21.7 Å². The van der Waals surface area contributed by atoms with E-state index in [2.05, 4.69) is 48.1 Å². The molecule has 2 aromatic heterocycles. The Morgan fingerprint density at radius 3 is 2.88 bits per heavy atom. The molecule has 0 aliphatic carbocycles. The summed E-state index contributed by atoms with van der Waals surface area (Å²) in [7, 11) is 0. The van der Waals surface area contributed by atoms with Crippen molar-refractivity contribution in [3.05, 3.63) is 33.8 Å². The van der Waals surface area contributed by atoms with Crippen LogP contribution in [0.2, 0.25) is 0 Å². The van der Waals surface area contributed by atoms with Gasteiger partial charge in [-0.1, -0.05) is 19.9 Å². The first-order valence-corrected chi connectivity index (χ1v) is 7.83. The van der Waals surface area contributed by atoms with Crippen molar-refractivity contribution in [2.75, 3.05) is 6.54 Å². The monoisotopic (exact) mass is 265 g/mol. The normalized spacial score (nSPS) is 11.2. The van der Waals surface area contributed by atoms with Gasteiger partial charge in [-0.15, -0.1) is 22.7 Å². The Kier molecular flexibility index (Phi) is 4.77. The molecule has 3 heteroatoms. The lowest BCUT2D eigenvalue weighted by Gasteiger charge is -2.05. The van der Waals surface area contributed by atoms with Crippen molar-refractivity contribution < 1.29 is 0 Å². The van der Waals surface area contributed by atoms with Crippen LogP contribution >= 0.6 is 22.7 Å². The van der Waals surface area contributed by atoms with Gasteiger partial charge in [-0.3, -0.25) is 0 Å². The summed E-state index contributed by atoms with van der Waals surface area (Å²) in [5.74, 6) is 0.785. The number of nitrogens with one attached hydrogen (secondary N) is 1. The zero-order valence-corrected chi connectivity index (χ0v) is 12.0. The molecule has 1 nitrogen and oxygen atoms in total. The summed E-state index contributed by atoms with van der Waals surface area (Å²) in [6, 6.07) is 6.60. The van der Waals surface area contributed by atoms with E-state index >= 15 is 0 Å². The van der Waals surface area contributed by atoms with E-state index in [-0.39, 0.29) is 0 Å². The third-order valence-corrected chi connectivity index (χ3v) is 4.51. The van der Waals surface area contributed by atoms with Gasteiger partial charge in [0.05, 0.1) is 0 Å². The second-order valence-electron chi connectivity index (χ2n) is 4.64. The molecule has 0 spiro atoms. The van der Waals surface area contributed by atoms with Gasteiger partial charge in [0.2, 0.25) is 0 Å². The maximum atomic E-state index is 3.51. The Bertz CT molecular complexity index is 429. The van der Waals surface area contributed by atoms with Gasteiger partial charge >= 0.3 is 0 Å². The molecule has 0 atom stereocenters. The SMILES string of the molecule is CC(C)CCNCc1cc(-c2cccs2)cs1. The highest BCUT2D eigenvalue weighted by molar-refractivity contribution is 7.14. The maximum Gasteiger partial charge on any atom is 0.0351 e. The summed E-state index contributed by atoms with van der Waals surface area (Å²) in [5.41, 5.74) is 1.37. The Morgan fingerprint density at radius 2 is 2.18 bits per heavy atom. The summed E-state index contributed by atoms with van der Waals surface area (Å²) < 4.78 is 0. The minimum absolute atomic E-state index is 0.785. The average molecular weight is 265 g/mol.